The number of hydrogen-bond acceptors (Lipinski definition) is 5. The molecule has 0 radical (unpaired) electrons. The molecule has 0 unspecified atom stereocenters. The Morgan fingerprint density at radius 3 is 2.77 bits per heavy atom. The van der Waals surface area contributed by atoms with Gasteiger partial charge in [-0.1, -0.05) is 18.2 Å². The normalized spacial score (nSPS) is 11.1. The number of fused-ring (bicyclic) bond motifs is 3. The third-order valence-corrected chi connectivity index (χ3v) is 3.66. The van der Waals surface area contributed by atoms with Crippen LogP contribution in [0.2, 0.25) is 0 Å². The molecule has 3 heterocycles. The maximum atomic E-state index is 6.04. The highest BCUT2D eigenvalue weighted by atomic mass is 16.5. The molecule has 3 N–H and O–H groups in total. The number of nitrogen functional groups attached to an aromatic ring is 1. The zero-order valence-electron chi connectivity index (χ0n) is 11.9. The first-order valence-corrected chi connectivity index (χ1v) is 6.80. The molecule has 0 bridgehead atoms. The first-order chi connectivity index (χ1) is 10.8. The van der Waals surface area contributed by atoms with Crippen molar-refractivity contribution in [3.8, 4) is 17.1 Å². The van der Waals surface area contributed by atoms with Gasteiger partial charge in [0.25, 0.3) is 0 Å². The van der Waals surface area contributed by atoms with Gasteiger partial charge < -0.3 is 10.5 Å². The Kier molecular flexibility index (Phi) is 2.69. The van der Waals surface area contributed by atoms with Gasteiger partial charge >= 0.3 is 0 Å². The van der Waals surface area contributed by atoms with Crippen molar-refractivity contribution in [2.75, 3.05) is 12.8 Å². The highest BCUT2D eigenvalue weighted by molar-refractivity contribution is 6.14. The van der Waals surface area contributed by atoms with Crippen molar-refractivity contribution in [1.82, 2.24) is 20.2 Å². The summed E-state index contributed by atoms with van der Waals surface area (Å²) in [5.41, 5.74) is 9.32. The number of nitrogens with one attached hydrogen (secondary N) is 1. The van der Waals surface area contributed by atoms with Gasteiger partial charge in [-0.15, -0.1) is 0 Å². The molecule has 3 aromatic heterocycles. The molecular weight excluding hydrogens is 278 g/mol. The molecule has 0 saturated carbocycles. The molecule has 1 aromatic carbocycles. The lowest BCUT2D eigenvalue weighted by atomic mass is 10.1. The highest BCUT2D eigenvalue weighted by Gasteiger charge is 2.15. The number of aromatic nitrogens is 4. The van der Waals surface area contributed by atoms with Gasteiger partial charge in [0, 0.05) is 28.6 Å². The van der Waals surface area contributed by atoms with E-state index in [1.54, 1.807) is 13.3 Å². The number of benzene rings is 1. The number of ether oxygens (including phenoxy) is 1. The Balaban J connectivity index is 2.05. The Morgan fingerprint density at radius 2 is 2.00 bits per heavy atom. The van der Waals surface area contributed by atoms with E-state index in [0.717, 1.165) is 33.1 Å². The fourth-order valence-electron chi connectivity index (χ4n) is 2.61. The Bertz CT molecular complexity index is 975. The van der Waals surface area contributed by atoms with Crippen LogP contribution < -0.4 is 10.5 Å². The minimum absolute atomic E-state index is 0.439. The van der Waals surface area contributed by atoms with Gasteiger partial charge in [0.2, 0.25) is 5.88 Å². The van der Waals surface area contributed by atoms with Crippen LogP contribution in [0.25, 0.3) is 33.1 Å². The van der Waals surface area contributed by atoms with Gasteiger partial charge in [0.05, 0.1) is 12.6 Å². The summed E-state index contributed by atoms with van der Waals surface area (Å²) in [6, 6.07) is 11.6. The van der Waals surface area contributed by atoms with Crippen LogP contribution in [-0.4, -0.2) is 27.3 Å². The molecule has 4 rings (SSSR count). The summed E-state index contributed by atoms with van der Waals surface area (Å²) >= 11 is 0. The Morgan fingerprint density at radius 1 is 1.14 bits per heavy atom. The number of aromatic amines is 1. The van der Waals surface area contributed by atoms with E-state index < -0.39 is 0 Å². The van der Waals surface area contributed by atoms with Gasteiger partial charge in [-0.05, 0) is 12.1 Å². The van der Waals surface area contributed by atoms with E-state index in [1.807, 2.05) is 36.4 Å². The molecule has 22 heavy (non-hydrogen) atoms. The second kappa shape index (κ2) is 4.70. The van der Waals surface area contributed by atoms with Crippen LogP contribution in [-0.2, 0) is 0 Å². The van der Waals surface area contributed by atoms with E-state index in [-0.39, 0.29) is 0 Å². The van der Waals surface area contributed by atoms with Crippen molar-refractivity contribution in [2.24, 2.45) is 0 Å². The van der Waals surface area contributed by atoms with Crippen molar-refractivity contribution in [2.45, 2.75) is 0 Å². The largest absolute Gasteiger partial charge is 0.481 e. The third kappa shape index (κ3) is 1.77. The molecule has 0 spiro atoms. The monoisotopic (exact) mass is 291 g/mol. The van der Waals surface area contributed by atoms with E-state index in [0.29, 0.717) is 11.7 Å². The lowest BCUT2D eigenvalue weighted by Gasteiger charge is -2.04. The quantitative estimate of drug-likeness (QED) is 0.592. The first-order valence-electron chi connectivity index (χ1n) is 6.80. The van der Waals surface area contributed by atoms with Crippen LogP contribution in [0, 0.1) is 0 Å². The number of para-hydroxylation sites is 1. The number of nitrogens with zero attached hydrogens (tertiary/aromatic N) is 3. The van der Waals surface area contributed by atoms with E-state index in [9.17, 15) is 0 Å². The van der Waals surface area contributed by atoms with Crippen molar-refractivity contribution < 1.29 is 4.74 Å². The van der Waals surface area contributed by atoms with Crippen molar-refractivity contribution in [1.29, 1.82) is 0 Å². The Labute approximate surface area is 126 Å². The maximum Gasteiger partial charge on any atom is 0.212 e. The number of methoxy groups -OCH3 is 1. The molecule has 4 aromatic rings. The molecule has 0 saturated heterocycles. The fraction of sp³-hybridized carbons (Fsp3) is 0.0625. The number of pyridine rings is 2. The molecule has 0 aliphatic heterocycles. The number of nitrogens with two attached hydrogens (primary N) is 1. The molecular formula is C16H13N5O. The summed E-state index contributed by atoms with van der Waals surface area (Å²) in [5, 5.41) is 9.34. The van der Waals surface area contributed by atoms with Gasteiger partial charge in [0.1, 0.15) is 17.0 Å². The fourth-order valence-corrected chi connectivity index (χ4v) is 2.61. The van der Waals surface area contributed by atoms with Gasteiger partial charge in [-0.25, -0.2) is 9.97 Å². The van der Waals surface area contributed by atoms with Crippen LogP contribution in [0.3, 0.4) is 0 Å². The summed E-state index contributed by atoms with van der Waals surface area (Å²) in [7, 11) is 1.59. The smallest absolute Gasteiger partial charge is 0.212 e. The number of H-pyrrole nitrogens is 1. The van der Waals surface area contributed by atoms with Gasteiger partial charge in [-0.3, -0.25) is 5.10 Å². The molecule has 0 aliphatic rings. The molecule has 0 amide bonds. The lowest BCUT2D eigenvalue weighted by Crippen LogP contribution is -1.93. The average Bonchev–Trinajstić information content (AvgIpc) is 3.01. The second-order valence-corrected chi connectivity index (χ2v) is 4.93. The summed E-state index contributed by atoms with van der Waals surface area (Å²) in [5.74, 6) is 1.00. The molecule has 0 fully saturated rings. The predicted molar refractivity (Wildman–Crippen MR) is 85.6 cm³/mol. The topological polar surface area (TPSA) is 89.7 Å². The van der Waals surface area contributed by atoms with E-state index in [1.165, 1.54) is 0 Å². The van der Waals surface area contributed by atoms with Crippen molar-refractivity contribution in [3.05, 3.63) is 42.6 Å². The molecule has 0 aliphatic carbocycles. The van der Waals surface area contributed by atoms with Crippen LogP contribution in [0.4, 0.5) is 5.82 Å². The van der Waals surface area contributed by atoms with Gasteiger partial charge in [-0.2, -0.15) is 5.10 Å². The van der Waals surface area contributed by atoms with Crippen molar-refractivity contribution >= 4 is 27.6 Å². The highest BCUT2D eigenvalue weighted by Crippen LogP contribution is 2.34. The second-order valence-electron chi connectivity index (χ2n) is 4.93. The van der Waals surface area contributed by atoms with Crippen LogP contribution >= 0.6 is 0 Å². The number of rotatable bonds is 2. The van der Waals surface area contributed by atoms with Crippen LogP contribution in [0.15, 0.2) is 42.6 Å². The van der Waals surface area contributed by atoms with Crippen LogP contribution in [0.1, 0.15) is 0 Å². The zero-order chi connectivity index (χ0) is 15.1. The third-order valence-electron chi connectivity index (χ3n) is 3.66. The molecule has 108 valence electrons. The molecule has 6 nitrogen and oxygen atoms in total. The standard InChI is InChI=1S/C16H13N5O/c1-22-12-7-6-9(8-18-12)14-13-10-4-2-3-5-11(10)19-16(17)15(13)21-20-14/h2-8H,1H3,(H2,17,19)(H,20,21). The van der Waals surface area contributed by atoms with E-state index in [4.69, 9.17) is 10.5 Å². The summed E-state index contributed by atoms with van der Waals surface area (Å²) in [4.78, 5) is 8.65. The maximum absolute atomic E-state index is 6.04. The molecule has 6 heteroatoms. The SMILES string of the molecule is COc1ccc(-c2n[nH]c3c(N)nc4ccccc4c23)cn1. The Hall–Kier alpha value is -3.15. The average molecular weight is 291 g/mol. The predicted octanol–water partition coefficient (Wildman–Crippen LogP) is 2.76. The number of anilines is 1. The van der Waals surface area contributed by atoms with E-state index in [2.05, 4.69) is 20.2 Å². The van der Waals surface area contributed by atoms with E-state index >= 15 is 0 Å². The summed E-state index contributed by atoms with van der Waals surface area (Å²) < 4.78 is 5.09. The van der Waals surface area contributed by atoms with Crippen molar-refractivity contribution in [3.63, 3.8) is 0 Å². The first kappa shape index (κ1) is 12.6. The summed E-state index contributed by atoms with van der Waals surface area (Å²) in [6.07, 6.45) is 1.74. The lowest BCUT2D eigenvalue weighted by molar-refractivity contribution is 0.398. The number of hydrogen-bond donors (Lipinski definition) is 2. The molecule has 0 atom stereocenters. The van der Waals surface area contributed by atoms with Crippen LogP contribution in [0.5, 0.6) is 5.88 Å². The minimum Gasteiger partial charge on any atom is -0.481 e. The summed E-state index contributed by atoms with van der Waals surface area (Å²) in [6.45, 7) is 0. The zero-order valence-corrected chi connectivity index (χ0v) is 11.9. The van der Waals surface area contributed by atoms with Gasteiger partial charge in [0.15, 0.2) is 0 Å². The minimum atomic E-state index is 0.439.